The molecule has 4 nitrogen and oxygen atoms in total. The van der Waals surface area contributed by atoms with Crippen molar-refractivity contribution < 1.29 is 9.13 Å². The molecule has 3 rings (SSSR count). The molecule has 0 bridgehead atoms. The Labute approximate surface area is 114 Å². The molecule has 1 aromatic heterocycles. The lowest BCUT2D eigenvalue weighted by atomic mass is 10.1. The molecule has 3 aromatic rings. The van der Waals surface area contributed by atoms with Gasteiger partial charge in [-0.1, -0.05) is 42.5 Å². The van der Waals surface area contributed by atoms with Crippen LogP contribution in [0.5, 0.6) is 11.6 Å². The van der Waals surface area contributed by atoms with Crippen LogP contribution in [0.2, 0.25) is 0 Å². The molecule has 0 saturated carbocycles. The van der Waals surface area contributed by atoms with Gasteiger partial charge in [-0.25, -0.2) is 9.37 Å². The van der Waals surface area contributed by atoms with E-state index < -0.39 is 5.82 Å². The summed E-state index contributed by atoms with van der Waals surface area (Å²) in [6.07, 6.45) is 1.33. The van der Waals surface area contributed by atoms with Crippen LogP contribution in [0.25, 0.3) is 11.3 Å². The zero-order chi connectivity index (χ0) is 13.8. The maximum atomic E-state index is 13.6. The maximum Gasteiger partial charge on any atom is 0.265 e. The maximum absolute atomic E-state index is 13.6. The highest BCUT2D eigenvalue weighted by Crippen LogP contribution is 2.29. The predicted octanol–water partition coefficient (Wildman–Crippen LogP) is 3.47. The van der Waals surface area contributed by atoms with Gasteiger partial charge in [0.1, 0.15) is 12.0 Å². The molecule has 0 aliphatic rings. The molecule has 0 unspecified atom stereocenters. The summed E-state index contributed by atoms with van der Waals surface area (Å²) in [5.74, 6) is -0.201. The summed E-state index contributed by atoms with van der Waals surface area (Å²) in [5.41, 5.74) is 1.34. The second-order valence-corrected chi connectivity index (χ2v) is 4.01. The van der Waals surface area contributed by atoms with E-state index in [0.717, 1.165) is 5.56 Å². The molecule has 0 N–H and O–H groups in total. The zero-order valence-electron chi connectivity index (χ0n) is 10.4. The Morgan fingerprint density at radius 3 is 2.45 bits per heavy atom. The summed E-state index contributed by atoms with van der Waals surface area (Å²) in [4.78, 5) is 4.15. The van der Waals surface area contributed by atoms with E-state index in [-0.39, 0.29) is 11.6 Å². The monoisotopic (exact) mass is 267 g/mol. The highest BCUT2D eigenvalue weighted by molar-refractivity contribution is 5.63. The number of halogens is 1. The van der Waals surface area contributed by atoms with E-state index in [1.54, 1.807) is 12.1 Å². The summed E-state index contributed by atoms with van der Waals surface area (Å²) in [6, 6.07) is 15.5. The van der Waals surface area contributed by atoms with Gasteiger partial charge >= 0.3 is 0 Å². The molecule has 0 amide bonds. The second kappa shape index (κ2) is 5.44. The van der Waals surface area contributed by atoms with Gasteiger partial charge in [0.2, 0.25) is 0 Å². The van der Waals surface area contributed by atoms with E-state index in [1.165, 1.54) is 18.5 Å². The Kier molecular flexibility index (Phi) is 3.33. The average molecular weight is 267 g/mol. The van der Waals surface area contributed by atoms with Crippen molar-refractivity contribution in [2.75, 3.05) is 0 Å². The Morgan fingerprint density at radius 2 is 1.65 bits per heavy atom. The molecular weight excluding hydrogens is 257 g/mol. The van der Waals surface area contributed by atoms with E-state index in [4.69, 9.17) is 4.74 Å². The first-order valence-electron chi connectivity index (χ1n) is 6.00. The molecular formula is C15H10FN3O. The topological polar surface area (TPSA) is 47.9 Å². The highest BCUT2D eigenvalue weighted by atomic mass is 19.1. The summed E-state index contributed by atoms with van der Waals surface area (Å²) >= 11 is 0. The van der Waals surface area contributed by atoms with Crippen molar-refractivity contribution in [3.63, 3.8) is 0 Å². The molecule has 0 aliphatic heterocycles. The Morgan fingerprint density at radius 1 is 0.900 bits per heavy atom. The molecule has 5 heteroatoms. The van der Waals surface area contributed by atoms with Crippen molar-refractivity contribution in [1.82, 2.24) is 15.2 Å². The van der Waals surface area contributed by atoms with Gasteiger partial charge in [-0.05, 0) is 12.1 Å². The van der Waals surface area contributed by atoms with Gasteiger partial charge in [0.05, 0.1) is 0 Å². The highest BCUT2D eigenvalue weighted by Gasteiger charge is 2.12. The molecule has 1 heterocycles. The average Bonchev–Trinajstić information content (AvgIpc) is 2.51. The third-order valence-corrected chi connectivity index (χ3v) is 2.68. The summed E-state index contributed by atoms with van der Waals surface area (Å²) in [7, 11) is 0. The normalized spacial score (nSPS) is 10.2. The van der Waals surface area contributed by atoms with Crippen molar-refractivity contribution in [2.24, 2.45) is 0 Å². The van der Waals surface area contributed by atoms with Crippen LogP contribution in [0.3, 0.4) is 0 Å². The quantitative estimate of drug-likeness (QED) is 0.729. The minimum atomic E-state index is -0.461. The fraction of sp³-hybridized carbons (Fsp3) is 0. The molecule has 0 spiro atoms. The third-order valence-electron chi connectivity index (χ3n) is 2.68. The van der Waals surface area contributed by atoms with Gasteiger partial charge in [0.15, 0.2) is 11.6 Å². The van der Waals surface area contributed by atoms with E-state index in [9.17, 15) is 4.39 Å². The fourth-order valence-corrected chi connectivity index (χ4v) is 1.76. The zero-order valence-corrected chi connectivity index (χ0v) is 10.4. The third kappa shape index (κ3) is 2.47. The van der Waals surface area contributed by atoms with Crippen LogP contribution in [0.15, 0.2) is 60.9 Å². The first kappa shape index (κ1) is 12.2. The number of hydrogen-bond acceptors (Lipinski definition) is 4. The largest absolute Gasteiger partial charge is 0.433 e. The van der Waals surface area contributed by atoms with Crippen LogP contribution in [0, 0.1) is 5.82 Å². The van der Waals surface area contributed by atoms with Crippen LogP contribution in [-0.2, 0) is 0 Å². The van der Waals surface area contributed by atoms with Crippen molar-refractivity contribution in [1.29, 1.82) is 0 Å². The van der Waals surface area contributed by atoms with Crippen LogP contribution in [0.4, 0.5) is 4.39 Å². The van der Waals surface area contributed by atoms with Gasteiger partial charge in [-0.3, -0.25) is 0 Å². The van der Waals surface area contributed by atoms with E-state index in [1.807, 2.05) is 30.3 Å². The lowest BCUT2D eigenvalue weighted by Crippen LogP contribution is -1.97. The number of aromatic nitrogens is 3. The lowest BCUT2D eigenvalue weighted by molar-refractivity contribution is 0.421. The van der Waals surface area contributed by atoms with Gasteiger partial charge < -0.3 is 4.74 Å². The van der Waals surface area contributed by atoms with Gasteiger partial charge in [0.25, 0.3) is 5.88 Å². The molecule has 0 fully saturated rings. The first-order chi connectivity index (χ1) is 9.84. The molecule has 0 saturated heterocycles. The van der Waals surface area contributed by atoms with Crippen molar-refractivity contribution in [3.05, 3.63) is 66.7 Å². The number of nitrogens with zero attached hydrogens (tertiary/aromatic N) is 3. The van der Waals surface area contributed by atoms with Crippen LogP contribution in [0.1, 0.15) is 0 Å². The van der Waals surface area contributed by atoms with Crippen molar-refractivity contribution in [2.45, 2.75) is 0 Å². The van der Waals surface area contributed by atoms with Gasteiger partial charge in [-0.2, -0.15) is 0 Å². The van der Waals surface area contributed by atoms with Gasteiger partial charge in [-0.15, -0.1) is 10.2 Å². The van der Waals surface area contributed by atoms with E-state index in [2.05, 4.69) is 15.2 Å². The minimum Gasteiger partial charge on any atom is -0.433 e. The number of rotatable bonds is 3. The Bertz CT molecular complexity index is 719. The number of hydrogen-bond donors (Lipinski definition) is 0. The van der Waals surface area contributed by atoms with Crippen molar-refractivity contribution >= 4 is 0 Å². The minimum absolute atomic E-state index is 0.0898. The molecule has 0 aliphatic carbocycles. The summed E-state index contributed by atoms with van der Waals surface area (Å²) in [6.45, 7) is 0. The van der Waals surface area contributed by atoms with Crippen LogP contribution < -0.4 is 4.74 Å². The Balaban J connectivity index is 2.01. The molecule has 20 heavy (non-hydrogen) atoms. The van der Waals surface area contributed by atoms with Crippen LogP contribution in [-0.4, -0.2) is 15.2 Å². The van der Waals surface area contributed by atoms with E-state index >= 15 is 0 Å². The smallest absolute Gasteiger partial charge is 0.265 e. The molecule has 0 atom stereocenters. The van der Waals surface area contributed by atoms with E-state index in [0.29, 0.717) is 5.69 Å². The summed E-state index contributed by atoms with van der Waals surface area (Å²) in [5, 5.41) is 7.58. The predicted molar refractivity (Wildman–Crippen MR) is 71.7 cm³/mol. The number of benzene rings is 2. The molecule has 2 aromatic carbocycles. The standard InChI is InChI=1S/C15H10FN3O/c16-12-8-4-5-9-13(12)20-15-14(17-10-18-19-15)11-6-2-1-3-7-11/h1-10H. The fourth-order valence-electron chi connectivity index (χ4n) is 1.76. The Hall–Kier alpha value is -2.82. The number of ether oxygens (including phenoxy) is 1. The first-order valence-corrected chi connectivity index (χ1v) is 6.00. The second-order valence-electron chi connectivity index (χ2n) is 4.01. The van der Waals surface area contributed by atoms with Crippen LogP contribution >= 0.6 is 0 Å². The number of para-hydroxylation sites is 1. The van der Waals surface area contributed by atoms with Gasteiger partial charge in [0, 0.05) is 5.56 Å². The lowest BCUT2D eigenvalue weighted by Gasteiger charge is -2.08. The summed E-state index contributed by atoms with van der Waals surface area (Å²) < 4.78 is 19.1. The SMILES string of the molecule is Fc1ccccc1Oc1nncnc1-c1ccccc1. The molecule has 0 radical (unpaired) electrons. The molecule has 98 valence electrons. The van der Waals surface area contributed by atoms with Crippen molar-refractivity contribution in [3.8, 4) is 22.9 Å².